The molecule has 0 saturated carbocycles. The van der Waals surface area contributed by atoms with E-state index < -0.39 is 10.0 Å². The molecule has 0 radical (unpaired) electrons. The zero-order valence-electron chi connectivity index (χ0n) is 10.5. The van der Waals surface area contributed by atoms with E-state index in [-0.39, 0.29) is 14.9 Å². The molecule has 0 spiro atoms. The number of rotatable bonds is 4. The van der Waals surface area contributed by atoms with Crippen molar-refractivity contribution in [2.45, 2.75) is 4.90 Å². The first-order valence-electron chi connectivity index (χ1n) is 5.67. The summed E-state index contributed by atoms with van der Waals surface area (Å²) >= 11 is 14.1. The molecule has 0 unspecified atom stereocenters. The molecular weight excluding hydrogens is 396 g/mol. The largest absolute Gasteiger partial charge is 0.389 e. The van der Waals surface area contributed by atoms with Crippen LogP contribution in [0.2, 0.25) is 5.02 Å². The van der Waals surface area contributed by atoms with Gasteiger partial charge in [-0.15, -0.1) is 0 Å². The maximum Gasteiger partial charge on any atom is 0.263 e. The van der Waals surface area contributed by atoms with Gasteiger partial charge in [-0.1, -0.05) is 45.8 Å². The first-order chi connectivity index (χ1) is 9.79. The quantitative estimate of drug-likeness (QED) is 0.763. The van der Waals surface area contributed by atoms with Gasteiger partial charge in [0.2, 0.25) is 0 Å². The van der Waals surface area contributed by atoms with Gasteiger partial charge in [0.25, 0.3) is 10.0 Å². The predicted octanol–water partition coefficient (Wildman–Crippen LogP) is 3.54. The zero-order valence-corrected chi connectivity index (χ0v) is 14.5. The van der Waals surface area contributed by atoms with Crippen LogP contribution in [0.25, 0.3) is 0 Å². The molecular formula is C13H10BrClN2O2S2. The van der Waals surface area contributed by atoms with Gasteiger partial charge in [-0.25, -0.2) is 8.42 Å². The Labute approximate surface area is 141 Å². The molecule has 0 aromatic heterocycles. The number of nitrogens with two attached hydrogens (primary N) is 1. The molecule has 0 atom stereocenters. The second-order valence-electron chi connectivity index (χ2n) is 4.12. The Kier molecular flexibility index (Phi) is 4.88. The summed E-state index contributed by atoms with van der Waals surface area (Å²) in [6.45, 7) is 0. The van der Waals surface area contributed by atoms with Gasteiger partial charge in [0, 0.05) is 15.7 Å². The molecule has 0 aliphatic carbocycles. The fourth-order valence-corrected chi connectivity index (χ4v) is 3.60. The molecule has 4 nitrogen and oxygen atoms in total. The summed E-state index contributed by atoms with van der Waals surface area (Å²) in [5.41, 5.74) is 6.43. The highest BCUT2D eigenvalue weighted by molar-refractivity contribution is 9.10. The van der Waals surface area contributed by atoms with Gasteiger partial charge < -0.3 is 5.73 Å². The van der Waals surface area contributed by atoms with Crippen molar-refractivity contribution in [2.24, 2.45) is 5.73 Å². The standard InChI is InChI=1S/C13H10BrClN2O2S2/c14-9-2-4-10(5-3-9)17-21(18,19)12-6-1-8(13(16)20)7-11(12)15/h1-7,17H,(H2,16,20). The van der Waals surface area contributed by atoms with Crippen LogP contribution in [-0.4, -0.2) is 13.4 Å². The minimum atomic E-state index is -3.78. The number of hydrogen-bond donors (Lipinski definition) is 2. The van der Waals surface area contributed by atoms with Crippen LogP contribution in [0.1, 0.15) is 5.56 Å². The van der Waals surface area contributed by atoms with Crippen LogP contribution in [-0.2, 0) is 10.0 Å². The number of nitrogens with one attached hydrogen (secondary N) is 1. The molecule has 0 saturated heterocycles. The molecule has 0 heterocycles. The van der Waals surface area contributed by atoms with E-state index in [1.807, 2.05) is 0 Å². The predicted molar refractivity (Wildman–Crippen MR) is 92.3 cm³/mol. The van der Waals surface area contributed by atoms with Crippen LogP contribution < -0.4 is 10.5 Å². The second-order valence-corrected chi connectivity index (χ2v) is 7.54. The van der Waals surface area contributed by atoms with Crippen molar-refractivity contribution >= 4 is 60.4 Å². The Morgan fingerprint density at radius 2 is 1.81 bits per heavy atom. The fraction of sp³-hybridized carbons (Fsp3) is 0. The molecule has 2 aromatic rings. The van der Waals surface area contributed by atoms with E-state index in [0.717, 1.165) is 4.47 Å². The van der Waals surface area contributed by atoms with Crippen molar-refractivity contribution < 1.29 is 8.42 Å². The summed E-state index contributed by atoms with van der Waals surface area (Å²) in [4.78, 5) is 0.119. The molecule has 21 heavy (non-hydrogen) atoms. The van der Waals surface area contributed by atoms with Gasteiger partial charge in [0.1, 0.15) is 9.88 Å². The van der Waals surface area contributed by atoms with E-state index in [0.29, 0.717) is 11.3 Å². The van der Waals surface area contributed by atoms with Gasteiger partial charge in [0.05, 0.1) is 5.02 Å². The highest BCUT2D eigenvalue weighted by Crippen LogP contribution is 2.25. The maximum absolute atomic E-state index is 12.3. The lowest BCUT2D eigenvalue weighted by Crippen LogP contribution is -2.15. The highest BCUT2D eigenvalue weighted by atomic mass is 79.9. The topological polar surface area (TPSA) is 72.2 Å². The average Bonchev–Trinajstić information content (AvgIpc) is 2.40. The molecule has 0 fully saturated rings. The third-order valence-corrected chi connectivity index (χ3v) is 5.23. The molecule has 3 N–H and O–H groups in total. The van der Waals surface area contributed by atoms with Crippen LogP contribution in [0.5, 0.6) is 0 Å². The molecule has 2 rings (SSSR count). The van der Waals surface area contributed by atoms with Gasteiger partial charge in [-0.3, -0.25) is 4.72 Å². The molecule has 0 bridgehead atoms. The molecule has 110 valence electrons. The summed E-state index contributed by atoms with van der Waals surface area (Å²) in [5.74, 6) is 0. The van der Waals surface area contributed by atoms with E-state index in [1.165, 1.54) is 18.2 Å². The summed E-state index contributed by atoms with van der Waals surface area (Å²) in [6, 6.07) is 11.1. The average molecular weight is 406 g/mol. The molecule has 0 aliphatic heterocycles. The van der Waals surface area contributed by atoms with Gasteiger partial charge in [-0.2, -0.15) is 0 Å². The minimum Gasteiger partial charge on any atom is -0.389 e. The van der Waals surface area contributed by atoms with E-state index in [2.05, 4.69) is 20.7 Å². The molecule has 0 aliphatic rings. The van der Waals surface area contributed by atoms with Crippen molar-refractivity contribution in [3.05, 3.63) is 57.5 Å². The Morgan fingerprint density at radius 3 is 2.33 bits per heavy atom. The summed E-state index contributed by atoms with van der Waals surface area (Å²) in [5, 5.41) is 0.0601. The maximum atomic E-state index is 12.3. The van der Waals surface area contributed by atoms with Crippen LogP contribution in [0.3, 0.4) is 0 Å². The zero-order chi connectivity index (χ0) is 15.6. The van der Waals surface area contributed by atoms with Crippen molar-refractivity contribution in [2.75, 3.05) is 4.72 Å². The third-order valence-electron chi connectivity index (χ3n) is 2.60. The van der Waals surface area contributed by atoms with Crippen molar-refractivity contribution in [3.8, 4) is 0 Å². The number of anilines is 1. The van der Waals surface area contributed by atoms with Crippen LogP contribution >= 0.6 is 39.7 Å². The smallest absolute Gasteiger partial charge is 0.263 e. The number of sulfonamides is 1. The molecule has 8 heteroatoms. The third kappa shape index (κ3) is 3.94. The fourth-order valence-electron chi connectivity index (χ4n) is 1.60. The van der Waals surface area contributed by atoms with E-state index in [1.54, 1.807) is 24.3 Å². The molecule has 0 amide bonds. The lowest BCUT2D eigenvalue weighted by Gasteiger charge is -2.10. The van der Waals surface area contributed by atoms with E-state index in [4.69, 9.17) is 29.6 Å². The number of benzene rings is 2. The van der Waals surface area contributed by atoms with Crippen molar-refractivity contribution in [1.82, 2.24) is 0 Å². The molecule has 2 aromatic carbocycles. The van der Waals surface area contributed by atoms with E-state index >= 15 is 0 Å². The Hall–Kier alpha value is -1.15. The summed E-state index contributed by atoms with van der Waals surface area (Å²) in [7, 11) is -3.78. The van der Waals surface area contributed by atoms with Crippen molar-refractivity contribution in [3.63, 3.8) is 0 Å². The number of hydrogen-bond acceptors (Lipinski definition) is 3. The monoisotopic (exact) mass is 404 g/mol. The van der Waals surface area contributed by atoms with Gasteiger partial charge in [0.15, 0.2) is 0 Å². The lowest BCUT2D eigenvalue weighted by atomic mass is 10.2. The lowest BCUT2D eigenvalue weighted by molar-refractivity contribution is 0.601. The Morgan fingerprint density at radius 1 is 1.19 bits per heavy atom. The van der Waals surface area contributed by atoms with E-state index in [9.17, 15) is 8.42 Å². The Bertz CT molecular complexity index is 792. The number of thiocarbonyl (C=S) groups is 1. The second kappa shape index (κ2) is 6.31. The normalized spacial score (nSPS) is 11.1. The van der Waals surface area contributed by atoms with Crippen LogP contribution in [0.15, 0.2) is 51.8 Å². The first-order valence-corrected chi connectivity index (χ1v) is 8.73. The van der Waals surface area contributed by atoms with Crippen LogP contribution in [0, 0.1) is 0 Å². The SMILES string of the molecule is NC(=S)c1ccc(S(=O)(=O)Nc2ccc(Br)cc2)c(Cl)c1. The first kappa shape index (κ1) is 16.2. The Balaban J connectivity index is 2.35. The number of halogens is 2. The summed E-state index contributed by atoms with van der Waals surface area (Å²) < 4.78 is 27.9. The van der Waals surface area contributed by atoms with Gasteiger partial charge in [-0.05, 0) is 36.4 Å². The van der Waals surface area contributed by atoms with Crippen molar-refractivity contribution in [1.29, 1.82) is 0 Å². The van der Waals surface area contributed by atoms with Gasteiger partial charge >= 0.3 is 0 Å². The van der Waals surface area contributed by atoms with Crippen LogP contribution in [0.4, 0.5) is 5.69 Å². The highest BCUT2D eigenvalue weighted by Gasteiger charge is 2.18. The minimum absolute atomic E-state index is 0.0351. The summed E-state index contributed by atoms with van der Waals surface area (Å²) in [6.07, 6.45) is 0.